The molecule has 2 aromatic rings. The van der Waals surface area contributed by atoms with Gasteiger partial charge in [0.15, 0.2) is 0 Å². The normalized spacial score (nSPS) is 10.3. The predicted molar refractivity (Wildman–Crippen MR) is 68.4 cm³/mol. The van der Waals surface area contributed by atoms with Gasteiger partial charge in [0, 0.05) is 11.9 Å². The Morgan fingerprint density at radius 2 is 1.88 bits per heavy atom. The highest BCUT2D eigenvalue weighted by molar-refractivity contribution is 9.10. The lowest BCUT2D eigenvalue weighted by atomic mass is 10.2. The Balaban J connectivity index is 2.31. The maximum Gasteiger partial charge on any atom is 0.265 e. The molecule has 82 valence electrons. The summed E-state index contributed by atoms with van der Waals surface area (Å²) in [5.74, 6) is 0. The second kappa shape index (κ2) is 4.53. The molecule has 0 atom stereocenters. The predicted octanol–water partition coefficient (Wildman–Crippen LogP) is 2.24. The zero-order chi connectivity index (χ0) is 11.5. The number of hydrogen-bond donors (Lipinski definition) is 1. The lowest BCUT2D eigenvalue weighted by Gasteiger charge is -2.06. The zero-order valence-corrected chi connectivity index (χ0v) is 10.1. The summed E-state index contributed by atoms with van der Waals surface area (Å²) < 4.78 is 2.22. The van der Waals surface area contributed by atoms with Gasteiger partial charge < -0.3 is 10.3 Å². The quantitative estimate of drug-likeness (QED) is 0.857. The van der Waals surface area contributed by atoms with E-state index in [1.807, 2.05) is 30.3 Å². The maximum atomic E-state index is 11.7. The number of anilines is 1. The highest BCUT2D eigenvalue weighted by atomic mass is 79.9. The minimum Gasteiger partial charge on any atom is -0.399 e. The molecule has 3 nitrogen and oxygen atoms in total. The third kappa shape index (κ3) is 2.33. The van der Waals surface area contributed by atoms with E-state index in [4.69, 9.17) is 5.73 Å². The van der Waals surface area contributed by atoms with E-state index in [1.165, 1.54) is 0 Å². The van der Waals surface area contributed by atoms with Crippen LogP contribution < -0.4 is 11.3 Å². The fraction of sp³-hybridized carbons (Fsp3) is 0.0833. The van der Waals surface area contributed by atoms with Crippen LogP contribution in [0.5, 0.6) is 0 Å². The molecule has 0 spiro atoms. The van der Waals surface area contributed by atoms with Crippen LogP contribution in [0, 0.1) is 0 Å². The van der Waals surface area contributed by atoms with Crippen molar-refractivity contribution in [3.8, 4) is 0 Å². The molecule has 1 aromatic carbocycles. The molecule has 0 aliphatic carbocycles. The topological polar surface area (TPSA) is 48.0 Å². The van der Waals surface area contributed by atoms with Crippen LogP contribution in [0.1, 0.15) is 5.56 Å². The van der Waals surface area contributed by atoms with Crippen LogP contribution in [0.15, 0.2) is 51.9 Å². The molecule has 0 saturated heterocycles. The van der Waals surface area contributed by atoms with Crippen molar-refractivity contribution in [2.45, 2.75) is 6.54 Å². The summed E-state index contributed by atoms with van der Waals surface area (Å²) in [6, 6.07) is 11.1. The fourth-order valence-corrected chi connectivity index (χ4v) is 1.83. The Morgan fingerprint density at radius 3 is 2.56 bits per heavy atom. The van der Waals surface area contributed by atoms with Crippen LogP contribution in [0.4, 0.5) is 5.69 Å². The molecule has 0 amide bonds. The minimum atomic E-state index is -0.0284. The fourth-order valence-electron chi connectivity index (χ4n) is 1.45. The van der Waals surface area contributed by atoms with E-state index >= 15 is 0 Å². The molecule has 1 heterocycles. The first-order valence-electron chi connectivity index (χ1n) is 4.86. The van der Waals surface area contributed by atoms with Gasteiger partial charge in [0.25, 0.3) is 5.56 Å². The third-order valence-electron chi connectivity index (χ3n) is 2.31. The molecule has 4 heteroatoms. The number of nitrogens with zero attached hydrogens (tertiary/aromatic N) is 1. The van der Waals surface area contributed by atoms with Crippen molar-refractivity contribution < 1.29 is 0 Å². The van der Waals surface area contributed by atoms with Gasteiger partial charge in [-0.1, -0.05) is 12.1 Å². The summed E-state index contributed by atoms with van der Waals surface area (Å²) in [5, 5.41) is 0. The number of nitrogens with two attached hydrogens (primary N) is 1. The number of pyridine rings is 1. The van der Waals surface area contributed by atoms with Crippen molar-refractivity contribution in [3.05, 3.63) is 63.0 Å². The Kier molecular flexibility index (Phi) is 3.10. The van der Waals surface area contributed by atoms with Gasteiger partial charge >= 0.3 is 0 Å². The number of aromatic nitrogens is 1. The first-order chi connectivity index (χ1) is 7.66. The van der Waals surface area contributed by atoms with Crippen LogP contribution in [-0.2, 0) is 6.54 Å². The summed E-state index contributed by atoms with van der Waals surface area (Å²) >= 11 is 3.22. The molecule has 1 aromatic heterocycles. The Bertz CT molecular complexity index is 546. The molecule has 0 unspecified atom stereocenters. The Morgan fingerprint density at radius 1 is 1.19 bits per heavy atom. The van der Waals surface area contributed by atoms with E-state index in [0.29, 0.717) is 11.0 Å². The van der Waals surface area contributed by atoms with Gasteiger partial charge in [0.2, 0.25) is 0 Å². The summed E-state index contributed by atoms with van der Waals surface area (Å²) in [6.07, 6.45) is 1.77. The smallest absolute Gasteiger partial charge is 0.265 e. The lowest BCUT2D eigenvalue weighted by molar-refractivity contribution is 0.755. The van der Waals surface area contributed by atoms with Crippen LogP contribution in [0.25, 0.3) is 0 Å². The van der Waals surface area contributed by atoms with Gasteiger partial charge in [-0.15, -0.1) is 0 Å². The lowest BCUT2D eigenvalue weighted by Crippen LogP contribution is -2.20. The van der Waals surface area contributed by atoms with E-state index in [2.05, 4.69) is 15.9 Å². The summed E-state index contributed by atoms with van der Waals surface area (Å²) in [4.78, 5) is 11.7. The molecule has 2 rings (SSSR count). The molecule has 2 N–H and O–H groups in total. The maximum absolute atomic E-state index is 11.7. The third-order valence-corrected chi connectivity index (χ3v) is 2.91. The molecule has 0 saturated carbocycles. The average Bonchev–Trinajstić information content (AvgIpc) is 2.28. The second-order valence-electron chi connectivity index (χ2n) is 3.53. The minimum absolute atomic E-state index is 0.0284. The number of hydrogen-bond acceptors (Lipinski definition) is 2. The van der Waals surface area contributed by atoms with Crippen molar-refractivity contribution in [1.82, 2.24) is 4.57 Å². The number of halogens is 1. The van der Waals surface area contributed by atoms with Crippen LogP contribution >= 0.6 is 15.9 Å². The van der Waals surface area contributed by atoms with Crippen LogP contribution in [0.3, 0.4) is 0 Å². The molecule has 0 aliphatic rings. The van der Waals surface area contributed by atoms with E-state index in [0.717, 1.165) is 11.3 Å². The standard InChI is InChI=1S/C12H11BrN2O/c13-11-2-1-7-15(12(11)16)8-9-3-5-10(14)6-4-9/h1-7H,8,14H2. The Hall–Kier alpha value is -1.55. The highest BCUT2D eigenvalue weighted by Gasteiger charge is 2.00. The average molecular weight is 279 g/mol. The van der Waals surface area contributed by atoms with Gasteiger partial charge in [-0.2, -0.15) is 0 Å². The molecular weight excluding hydrogens is 268 g/mol. The van der Waals surface area contributed by atoms with Gasteiger partial charge in [0.1, 0.15) is 0 Å². The van der Waals surface area contributed by atoms with E-state index < -0.39 is 0 Å². The summed E-state index contributed by atoms with van der Waals surface area (Å²) in [6.45, 7) is 0.554. The molecule has 0 bridgehead atoms. The van der Waals surface area contributed by atoms with Gasteiger partial charge in [-0.3, -0.25) is 4.79 Å². The van der Waals surface area contributed by atoms with Gasteiger partial charge in [0.05, 0.1) is 11.0 Å². The summed E-state index contributed by atoms with van der Waals surface area (Å²) in [7, 11) is 0. The second-order valence-corrected chi connectivity index (χ2v) is 4.39. The highest BCUT2D eigenvalue weighted by Crippen LogP contribution is 2.07. The number of benzene rings is 1. The number of rotatable bonds is 2. The molecule has 0 aliphatic heterocycles. The van der Waals surface area contributed by atoms with Crippen molar-refractivity contribution in [2.24, 2.45) is 0 Å². The molecule has 0 fully saturated rings. The van der Waals surface area contributed by atoms with E-state index in [9.17, 15) is 4.79 Å². The van der Waals surface area contributed by atoms with Crippen LogP contribution in [-0.4, -0.2) is 4.57 Å². The molecule has 0 radical (unpaired) electrons. The number of nitrogen functional groups attached to an aromatic ring is 1. The van der Waals surface area contributed by atoms with Crippen molar-refractivity contribution in [3.63, 3.8) is 0 Å². The van der Waals surface area contributed by atoms with Gasteiger partial charge in [-0.25, -0.2) is 0 Å². The molecular formula is C12H11BrN2O. The monoisotopic (exact) mass is 278 g/mol. The first kappa shape index (κ1) is 11.0. The first-order valence-corrected chi connectivity index (χ1v) is 5.65. The van der Waals surface area contributed by atoms with E-state index in [1.54, 1.807) is 16.8 Å². The molecule has 16 heavy (non-hydrogen) atoms. The van der Waals surface area contributed by atoms with Gasteiger partial charge in [-0.05, 0) is 45.8 Å². The van der Waals surface area contributed by atoms with Crippen molar-refractivity contribution >= 4 is 21.6 Å². The van der Waals surface area contributed by atoms with E-state index in [-0.39, 0.29) is 5.56 Å². The largest absolute Gasteiger partial charge is 0.399 e. The summed E-state index contributed by atoms with van der Waals surface area (Å²) in [5.41, 5.74) is 7.35. The van der Waals surface area contributed by atoms with Crippen LogP contribution in [0.2, 0.25) is 0 Å². The van der Waals surface area contributed by atoms with Crippen molar-refractivity contribution in [1.29, 1.82) is 0 Å². The zero-order valence-electron chi connectivity index (χ0n) is 8.56. The van der Waals surface area contributed by atoms with Crippen molar-refractivity contribution in [2.75, 3.05) is 5.73 Å². The SMILES string of the molecule is Nc1ccc(Cn2cccc(Br)c2=O)cc1. The Labute approximate surface area is 102 Å².